The van der Waals surface area contributed by atoms with Crippen molar-refractivity contribution >= 4 is 35.8 Å². The number of aromatic nitrogens is 1. The fourth-order valence-electron chi connectivity index (χ4n) is 3.13. The molecule has 0 saturated carbocycles. The summed E-state index contributed by atoms with van der Waals surface area (Å²) < 4.78 is 0. The molecule has 0 atom stereocenters. The molecule has 148 valence electrons. The number of piperidine rings is 1. The first-order valence-corrected chi connectivity index (χ1v) is 9.24. The molecule has 1 aromatic rings. The van der Waals surface area contributed by atoms with Crippen molar-refractivity contribution in [2.45, 2.75) is 45.2 Å². The molecule has 1 fully saturated rings. The van der Waals surface area contributed by atoms with Crippen LogP contribution in [-0.4, -0.2) is 62.2 Å². The highest BCUT2D eigenvalue weighted by molar-refractivity contribution is 14.0. The van der Waals surface area contributed by atoms with E-state index in [1.807, 2.05) is 38.3 Å². The molecule has 0 radical (unpaired) electrons. The van der Waals surface area contributed by atoms with E-state index in [0.717, 1.165) is 24.9 Å². The third kappa shape index (κ3) is 6.90. The minimum atomic E-state index is 0. The minimum absolute atomic E-state index is 0. The van der Waals surface area contributed by atoms with Crippen LogP contribution in [0.2, 0.25) is 0 Å². The molecule has 6 nitrogen and oxygen atoms in total. The molecule has 2 rings (SSSR count). The monoisotopic (exact) mass is 474 g/mol. The predicted molar refractivity (Wildman–Crippen MR) is 122 cm³/mol. The number of likely N-dealkylation sites (tertiary alicyclic amines) is 1. The van der Waals surface area contributed by atoms with Gasteiger partial charge in [-0.25, -0.2) is 4.98 Å². The zero-order valence-electron chi connectivity index (χ0n) is 16.9. The predicted octanol–water partition coefficient (Wildman–Crippen LogP) is 2.70. The van der Waals surface area contributed by atoms with Crippen molar-refractivity contribution in [3.05, 3.63) is 23.9 Å². The number of hydrogen-bond acceptors (Lipinski definition) is 4. The van der Waals surface area contributed by atoms with Crippen LogP contribution in [0.4, 0.5) is 5.82 Å². The van der Waals surface area contributed by atoms with E-state index in [2.05, 4.69) is 45.4 Å². The van der Waals surface area contributed by atoms with Crippen molar-refractivity contribution in [2.24, 2.45) is 4.99 Å². The maximum absolute atomic E-state index is 4.36. The van der Waals surface area contributed by atoms with Crippen molar-refractivity contribution in [1.82, 2.24) is 20.5 Å². The van der Waals surface area contributed by atoms with Crippen LogP contribution in [0.15, 0.2) is 23.3 Å². The lowest BCUT2D eigenvalue weighted by Crippen LogP contribution is -2.54. The van der Waals surface area contributed by atoms with Gasteiger partial charge in [-0.2, -0.15) is 0 Å². The SMILES string of the molecule is CN=C(NCc1ccnc(N(C)C)c1)NCC(C)(C)N1CCCCC1.I. The Kier molecular flexibility index (Phi) is 9.63. The van der Waals surface area contributed by atoms with Crippen LogP contribution in [0.25, 0.3) is 0 Å². The van der Waals surface area contributed by atoms with Gasteiger partial charge in [-0.05, 0) is 57.5 Å². The molecule has 0 amide bonds. The largest absolute Gasteiger partial charge is 0.363 e. The Morgan fingerprint density at radius 2 is 1.92 bits per heavy atom. The van der Waals surface area contributed by atoms with Gasteiger partial charge in [-0.15, -0.1) is 24.0 Å². The first kappa shape index (κ1) is 23.0. The van der Waals surface area contributed by atoms with Crippen LogP contribution in [0.3, 0.4) is 0 Å². The Morgan fingerprint density at radius 3 is 2.54 bits per heavy atom. The van der Waals surface area contributed by atoms with Gasteiger partial charge in [0.15, 0.2) is 5.96 Å². The molecule has 0 unspecified atom stereocenters. The lowest BCUT2D eigenvalue weighted by atomic mass is 9.98. The Balaban J connectivity index is 0.00000338. The summed E-state index contributed by atoms with van der Waals surface area (Å²) in [4.78, 5) is 13.3. The van der Waals surface area contributed by atoms with E-state index >= 15 is 0 Å². The summed E-state index contributed by atoms with van der Waals surface area (Å²) >= 11 is 0. The normalized spacial score (nSPS) is 16.0. The van der Waals surface area contributed by atoms with Gasteiger partial charge < -0.3 is 15.5 Å². The molecular formula is C19H35IN6. The Morgan fingerprint density at radius 1 is 1.23 bits per heavy atom. The summed E-state index contributed by atoms with van der Waals surface area (Å²) in [6, 6.07) is 4.13. The molecule has 1 aliphatic heterocycles. The highest BCUT2D eigenvalue weighted by Crippen LogP contribution is 2.19. The van der Waals surface area contributed by atoms with Crippen molar-refractivity contribution < 1.29 is 0 Å². The van der Waals surface area contributed by atoms with Gasteiger partial charge in [0.05, 0.1) is 0 Å². The first-order chi connectivity index (χ1) is 11.9. The van der Waals surface area contributed by atoms with E-state index in [4.69, 9.17) is 0 Å². The van der Waals surface area contributed by atoms with Crippen molar-refractivity contribution in [2.75, 3.05) is 45.7 Å². The number of rotatable bonds is 6. The molecule has 26 heavy (non-hydrogen) atoms. The van der Waals surface area contributed by atoms with E-state index < -0.39 is 0 Å². The number of hydrogen-bond donors (Lipinski definition) is 2. The number of nitrogens with one attached hydrogen (secondary N) is 2. The van der Waals surface area contributed by atoms with Crippen LogP contribution in [-0.2, 0) is 6.54 Å². The Labute approximate surface area is 175 Å². The van der Waals surface area contributed by atoms with Gasteiger partial charge >= 0.3 is 0 Å². The third-order valence-electron chi connectivity index (χ3n) is 4.85. The molecule has 0 bridgehead atoms. The molecular weight excluding hydrogens is 439 g/mol. The fraction of sp³-hybridized carbons (Fsp3) is 0.684. The molecule has 1 aromatic heterocycles. The van der Waals surface area contributed by atoms with Crippen LogP contribution in [0.5, 0.6) is 0 Å². The highest BCUT2D eigenvalue weighted by Gasteiger charge is 2.27. The van der Waals surface area contributed by atoms with E-state index in [1.165, 1.54) is 37.9 Å². The Hall–Kier alpha value is -1.09. The standard InChI is InChI=1S/C19H34N6.HI/c1-19(2,25-11-7-6-8-12-25)15-23-18(20-3)22-14-16-9-10-21-17(13-16)24(4)5;/h9-10,13H,6-8,11-12,14-15H2,1-5H3,(H2,20,22,23);1H. The smallest absolute Gasteiger partial charge is 0.191 e. The fourth-order valence-corrected chi connectivity index (χ4v) is 3.13. The molecule has 2 N–H and O–H groups in total. The molecule has 0 aliphatic carbocycles. The molecule has 0 spiro atoms. The number of pyridine rings is 1. The second-order valence-electron chi connectivity index (χ2n) is 7.56. The van der Waals surface area contributed by atoms with E-state index in [1.54, 1.807) is 0 Å². The third-order valence-corrected chi connectivity index (χ3v) is 4.85. The molecule has 2 heterocycles. The zero-order valence-corrected chi connectivity index (χ0v) is 19.2. The number of aliphatic imine (C=N–C) groups is 1. The topological polar surface area (TPSA) is 55.8 Å². The quantitative estimate of drug-likeness (QED) is 0.377. The average Bonchev–Trinajstić information content (AvgIpc) is 2.63. The maximum Gasteiger partial charge on any atom is 0.191 e. The Bertz CT molecular complexity index is 567. The van der Waals surface area contributed by atoms with Gasteiger partial charge in [0.1, 0.15) is 5.82 Å². The minimum Gasteiger partial charge on any atom is -0.363 e. The van der Waals surface area contributed by atoms with E-state index in [0.29, 0.717) is 0 Å². The number of guanidine groups is 1. The van der Waals surface area contributed by atoms with E-state index in [-0.39, 0.29) is 29.5 Å². The molecule has 1 saturated heterocycles. The summed E-state index contributed by atoms with van der Waals surface area (Å²) in [7, 11) is 5.83. The second-order valence-corrected chi connectivity index (χ2v) is 7.56. The van der Waals surface area contributed by atoms with Gasteiger partial charge in [-0.3, -0.25) is 9.89 Å². The van der Waals surface area contributed by atoms with Crippen molar-refractivity contribution in [3.8, 4) is 0 Å². The number of anilines is 1. The molecule has 1 aliphatic rings. The van der Waals surface area contributed by atoms with Crippen molar-refractivity contribution in [1.29, 1.82) is 0 Å². The van der Waals surface area contributed by atoms with Crippen LogP contribution < -0.4 is 15.5 Å². The lowest BCUT2D eigenvalue weighted by Gasteiger charge is -2.41. The van der Waals surface area contributed by atoms with Gasteiger partial charge in [0, 0.05) is 46.0 Å². The first-order valence-electron chi connectivity index (χ1n) is 9.24. The number of nitrogens with zero attached hydrogens (tertiary/aromatic N) is 4. The summed E-state index contributed by atoms with van der Waals surface area (Å²) in [5.74, 6) is 1.81. The van der Waals surface area contributed by atoms with Crippen LogP contribution in [0, 0.1) is 0 Å². The molecule has 7 heteroatoms. The number of halogens is 1. The second kappa shape index (κ2) is 10.9. The van der Waals surface area contributed by atoms with Crippen LogP contribution in [0.1, 0.15) is 38.7 Å². The summed E-state index contributed by atoms with van der Waals surface area (Å²) in [6.45, 7) is 8.63. The average molecular weight is 474 g/mol. The lowest BCUT2D eigenvalue weighted by molar-refractivity contribution is 0.0982. The summed E-state index contributed by atoms with van der Waals surface area (Å²) in [5.41, 5.74) is 1.32. The highest BCUT2D eigenvalue weighted by atomic mass is 127. The maximum atomic E-state index is 4.36. The van der Waals surface area contributed by atoms with E-state index in [9.17, 15) is 0 Å². The summed E-state index contributed by atoms with van der Waals surface area (Å²) in [5, 5.41) is 6.89. The van der Waals surface area contributed by atoms with Gasteiger partial charge in [0.25, 0.3) is 0 Å². The zero-order chi connectivity index (χ0) is 18.3. The summed E-state index contributed by atoms with van der Waals surface area (Å²) in [6.07, 6.45) is 5.84. The van der Waals surface area contributed by atoms with Crippen LogP contribution >= 0.6 is 24.0 Å². The van der Waals surface area contributed by atoms with Crippen molar-refractivity contribution in [3.63, 3.8) is 0 Å². The molecule has 0 aromatic carbocycles. The van der Waals surface area contributed by atoms with Gasteiger partial charge in [-0.1, -0.05) is 6.42 Å². The van der Waals surface area contributed by atoms with Gasteiger partial charge in [0.2, 0.25) is 0 Å².